The lowest BCUT2D eigenvalue weighted by Crippen LogP contribution is -2.13. The predicted octanol–water partition coefficient (Wildman–Crippen LogP) is 2.72. The van der Waals surface area contributed by atoms with Crippen LogP contribution in [-0.2, 0) is 0 Å². The van der Waals surface area contributed by atoms with Crippen molar-refractivity contribution < 1.29 is 5.11 Å². The van der Waals surface area contributed by atoms with Crippen molar-refractivity contribution in [3.8, 4) is 5.75 Å². The Kier molecular flexibility index (Phi) is 2.66. The minimum absolute atomic E-state index is 0.253. The van der Waals surface area contributed by atoms with E-state index in [1.54, 1.807) is 12.1 Å². The molecule has 1 aliphatic rings. The van der Waals surface area contributed by atoms with Crippen molar-refractivity contribution in [2.75, 3.05) is 6.54 Å². The molecule has 0 amide bonds. The summed E-state index contributed by atoms with van der Waals surface area (Å²) in [4.78, 5) is 0. The number of hydrogen-bond acceptors (Lipinski definition) is 2. The van der Waals surface area contributed by atoms with Crippen LogP contribution in [0, 0.1) is 5.92 Å². The first-order valence-corrected chi connectivity index (χ1v) is 5.26. The van der Waals surface area contributed by atoms with Gasteiger partial charge >= 0.3 is 0 Å². The standard InChI is InChI=1S/C11H14ClNO/c1-7-4-10(13-6-7)9-5-8(12)2-3-11(9)14/h2-3,5,7,10,13-14H,4,6H2,1H3/t7-,10-/m0/s1. The van der Waals surface area contributed by atoms with Gasteiger partial charge in [-0.25, -0.2) is 0 Å². The molecule has 1 fully saturated rings. The lowest BCUT2D eigenvalue weighted by atomic mass is 10.0. The van der Waals surface area contributed by atoms with Crippen LogP contribution in [-0.4, -0.2) is 11.7 Å². The number of halogens is 1. The first-order valence-electron chi connectivity index (χ1n) is 4.88. The largest absolute Gasteiger partial charge is 0.508 e. The van der Waals surface area contributed by atoms with E-state index in [9.17, 15) is 5.11 Å². The molecule has 0 radical (unpaired) electrons. The van der Waals surface area contributed by atoms with Crippen LogP contribution < -0.4 is 5.32 Å². The van der Waals surface area contributed by atoms with Gasteiger partial charge in [-0.1, -0.05) is 18.5 Å². The van der Waals surface area contributed by atoms with E-state index < -0.39 is 0 Å². The van der Waals surface area contributed by atoms with Gasteiger partial charge in [0.25, 0.3) is 0 Å². The van der Waals surface area contributed by atoms with E-state index in [0.29, 0.717) is 16.7 Å². The third kappa shape index (κ3) is 1.86. The summed E-state index contributed by atoms with van der Waals surface area (Å²) in [6, 6.07) is 5.46. The van der Waals surface area contributed by atoms with E-state index in [4.69, 9.17) is 11.6 Å². The third-order valence-electron chi connectivity index (χ3n) is 2.72. The molecule has 2 rings (SSSR count). The molecule has 1 heterocycles. The number of rotatable bonds is 1. The lowest BCUT2D eigenvalue weighted by molar-refractivity contribution is 0.456. The van der Waals surface area contributed by atoms with Gasteiger partial charge in [-0.15, -0.1) is 0 Å². The zero-order valence-corrected chi connectivity index (χ0v) is 8.88. The number of aromatic hydroxyl groups is 1. The molecular weight excluding hydrogens is 198 g/mol. The van der Waals surface area contributed by atoms with E-state index in [-0.39, 0.29) is 6.04 Å². The Morgan fingerprint density at radius 2 is 2.29 bits per heavy atom. The van der Waals surface area contributed by atoms with Gasteiger partial charge in [-0.3, -0.25) is 0 Å². The fraction of sp³-hybridized carbons (Fsp3) is 0.455. The number of phenols is 1. The minimum Gasteiger partial charge on any atom is -0.508 e. The van der Waals surface area contributed by atoms with Crippen molar-refractivity contribution in [3.63, 3.8) is 0 Å². The number of hydrogen-bond donors (Lipinski definition) is 2. The molecule has 2 N–H and O–H groups in total. The van der Waals surface area contributed by atoms with E-state index in [2.05, 4.69) is 12.2 Å². The fourth-order valence-corrected chi connectivity index (χ4v) is 2.13. The predicted molar refractivity (Wildman–Crippen MR) is 57.6 cm³/mol. The fourth-order valence-electron chi connectivity index (χ4n) is 1.95. The summed E-state index contributed by atoms with van der Waals surface area (Å²) in [6.07, 6.45) is 1.06. The monoisotopic (exact) mass is 211 g/mol. The van der Waals surface area contributed by atoms with Crippen LogP contribution in [0.25, 0.3) is 0 Å². The molecule has 1 aromatic carbocycles. The van der Waals surface area contributed by atoms with Crippen LogP contribution in [0.3, 0.4) is 0 Å². The van der Waals surface area contributed by atoms with Gasteiger partial charge in [0.15, 0.2) is 0 Å². The summed E-state index contributed by atoms with van der Waals surface area (Å²) in [5.41, 5.74) is 0.918. The SMILES string of the molecule is C[C@@H]1CN[C@H](c2cc(Cl)ccc2O)C1. The molecule has 1 saturated heterocycles. The molecule has 2 nitrogen and oxygen atoms in total. The summed E-state index contributed by atoms with van der Waals surface area (Å²) in [7, 11) is 0. The Labute approximate surface area is 88.9 Å². The maximum atomic E-state index is 9.68. The van der Waals surface area contributed by atoms with Crippen LogP contribution in [0.2, 0.25) is 5.02 Å². The zero-order valence-electron chi connectivity index (χ0n) is 8.13. The normalized spacial score (nSPS) is 26.7. The van der Waals surface area contributed by atoms with Crippen molar-refractivity contribution >= 4 is 11.6 Å². The first kappa shape index (κ1) is 9.81. The van der Waals surface area contributed by atoms with Crippen LogP contribution >= 0.6 is 11.6 Å². The van der Waals surface area contributed by atoms with Gasteiger partial charge in [0, 0.05) is 16.6 Å². The first-order chi connectivity index (χ1) is 6.66. The Bertz CT molecular complexity index is 340. The third-order valence-corrected chi connectivity index (χ3v) is 2.95. The van der Waals surface area contributed by atoms with Gasteiger partial charge < -0.3 is 10.4 Å². The highest BCUT2D eigenvalue weighted by molar-refractivity contribution is 6.30. The molecule has 1 aliphatic heterocycles. The summed E-state index contributed by atoms with van der Waals surface area (Å²) in [6.45, 7) is 3.21. The molecule has 1 aromatic rings. The summed E-state index contributed by atoms with van der Waals surface area (Å²) < 4.78 is 0. The van der Waals surface area contributed by atoms with Crippen LogP contribution in [0.1, 0.15) is 24.9 Å². The van der Waals surface area contributed by atoms with Gasteiger partial charge in [0.2, 0.25) is 0 Å². The zero-order chi connectivity index (χ0) is 10.1. The highest BCUT2D eigenvalue weighted by atomic mass is 35.5. The molecule has 0 spiro atoms. The Morgan fingerprint density at radius 3 is 2.93 bits per heavy atom. The summed E-state index contributed by atoms with van der Waals surface area (Å²) in [5, 5.41) is 13.7. The number of phenolic OH excluding ortho intramolecular Hbond substituents is 1. The molecule has 0 bridgehead atoms. The Balaban J connectivity index is 2.27. The van der Waals surface area contributed by atoms with E-state index in [1.807, 2.05) is 6.07 Å². The maximum Gasteiger partial charge on any atom is 0.120 e. The highest BCUT2D eigenvalue weighted by Gasteiger charge is 2.24. The second-order valence-corrected chi connectivity index (χ2v) is 4.44. The summed E-state index contributed by atoms with van der Waals surface area (Å²) >= 11 is 5.89. The van der Waals surface area contributed by atoms with Crippen molar-refractivity contribution in [2.45, 2.75) is 19.4 Å². The van der Waals surface area contributed by atoms with Crippen molar-refractivity contribution in [1.82, 2.24) is 5.32 Å². The number of benzene rings is 1. The average Bonchev–Trinajstić information content (AvgIpc) is 2.56. The Hall–Kier alpha value is -0.730. The molecule has 2 atom stereocenters. The molecule has 3 heteroatoms. The molecular formula is C11H14ClNO. The highest BCUT2D eigenvalue weighted by Crippen LogP contribution is 2.33. The topological polar surface area (TPSA) is 32.3 Å². The van der Waals surface area contributed by atoms with E-state index in [1.165, 1.54) is 0 Å². The van der Waals surface area contributed by atoms with Crippen LogP contribution in [0.5, 0.6) is 5.75 Å². The second kappa shape index (κ2) is 3.79. The molecule has 76 valence electrons. The van der Waals surface area contributed by atoms with Crippen molar-refractivity contribution in [3.05, 3.63) is 28.8 Å². The van der Waals surface area contributed by atoms with Crippen molar-refractivity contribution in [1.29, 1.82) is 0 Å². The van der Waals surface area contributed by atoms with Gasteiger partial charge in [0.05, 0.1) is 0 Å². The maximum absolute atomic E-state index is 9.68. The van der Waals surface area contributed by atoms with Gasteiger partial charge in [-0.05, 0) is 37.1 Å². The second-order valence-electron chi connectivity index (χ2n) is 4.00. The average molecular weight is 212 g/mol. The molecule has 0 saturated carbocycles. The van der Waals surface area contributed by atoms with E-state index >= 15 is 0 Å². The molecule has 0 aliphatic carbocycles. The van der Waals surface area contributed by atoms with E-state index in [0.717, 1.165) is 18.5 Å². The van der Waals surface area contributed by atoms with Crippen molar-refractivity contribution in [2.24, 2.45) is 5.92 Å². The lowest BCUT2D eigenvalue weighted by Gasteiger charge is -2.12. The number of nitrogens with one attached hydrogen (secondary N) is 1. The molecule has 0 unspecified atom stereocenters. The Morgan fingerprint density at radius 1 is 1.50 bits per heavy atom. The summed E-state index contributed by atoms with van der Waals surface area (Å²) in [5.74, 6) is 0.999. The quantitative estimate of drug-likeness (QED) is 0.749. The molecule has 0 aromatic heterocycles. The van der Waals surface area contributed by atoms with Gasteiger partial charge in [0.1, 0.15) is 5.75 Å². The van der Waals surface area contributed by atoms with Crippen LogP contribution in [0.15, 0.2) is 18.2 Å². The minimum atomic E-state index is 0.253. The molecule has 14 heavy (non-hydrogen) atoms. The smallest absolute Gasteiger partial charge is 0.120 e. The van der Waals surface area contributed by atoms with Crippen LogP contribution in [0.4, 0.5) is 0 Å². The van der Waals surface area contributed by atoms with Gasteiger partial charge in [-0.2, -0.15) is 0 Å².